The maximum atomic E-state index is 10.7. The van der Waals surface area contributed by atoms with Crippen molar-refractivity contribution in [3.63, 3.8) is 0 Å². The van der Waals surface area contributed by atoms with Gasteiger partial charge in [-0.25, -0.2) is 0 Å². The average molecular weight is 185 g/mol. The molecule has 0 aromatic rings. The van der Waals surface area contributed by atoms with E-state index in [0.717, 1.165) is 12.8 Å². The van der Waals surface area contributed by atoms with Crippen molar-refractivity contribution in [3.05, 3.63) is 0 Å². The lowest BCUT2D eigenvalue weighted by molar-refractivity contribution is -0.139. The van der Waals surface area contributed by atoms with E-state index < -0.39 is 5.97 Å². The highest BCUT2D eigenvalue weighted by Crippen LogP contribution is 2.46. The number of carbonyl (C=O) groups is 1. The highest BCUT2D eigenvalue weighted by atomic mass is 16.4. The van der Waals surface area contributed by atoms with Crippen LogP contribution in [0, 0.1) is 17.3 Å². The van der Waals surface area contributed by atoms with Crippen molar-refractivity contribution in [2.75, 3.05) is 6.54 Å². The number of hydrogen-bond acceptors (Lipinski definition) is 2. The lowest BCUT2D eigenvalue weighted by atomic mass is 9.82. The Morgan fingerprint density at radius 3 is 2.23 bits per heavy atom. The van der Waals surface area contributed by atoms with Crippen LogP contribution >= 0.6 is 0 Å². The van der Waals surface area contributed by atoms with E-state index in [1.54, 1.807) is 0 Å². The van der Waals surface area contributed by atoms with Gasteiger partial charge in [-0.1, -0.05) is 13.8 Å². The fraction of sp³-hybridized carbons (Fsp3) is 0.900. The van der Waals surface area contributed by atoms with E-state index in [2.05, 4.69) is 13.8 Å². The standard InChI is InChI=1S/C10H19NO2/c1-7-3-10(6-11,4-8(7)2)5-9(12)13/h7-8H,3-6,11H2,1-2H3,(H,12,13)/t7-,8-/m1/s1. The van der Waals surface area contributed by atoms with Crippen LogP contribution in [0.2, 0.25) is 0 Å². The van der Waals surface area contributed by atoms with Gasteiger partial charge in [0.25, 0.3) is 0 Å². The van der Waals surface area contributed by atoms with Gasteiger partial charge in [0.15, 0.2) is 0 Å². The number of nitrogens with two attached hydrogens (primary N) is 1. The smallest absolute Gasteiger partial charge is 0.303 e. The Bertz CT molecular complexity index is 193. The van der Waals surface area contributed by atoms with Gasteiger partial charge in [-0.05, 0) is 36.6 Å². The number of carboxylic acids is 1. The Balaban J connectivity index is 2.67. The topological polar surface area (TPSA) is 63.3 Å². The van der Waals surface area contributed by atoms with Gasteiger partial charge in [0.2, 0.25) is 0 Å². The first-order chi connectivity index (χ1) is 5.99. The molecule has 0 aromatic heterocycles. The van der Waals surface area contributed by atoms with Crippen molar-refractivity contribution in [1.82, 2.24) is 0 Å². The highest BCUT2D eigenvalue weighted by Gasteiger charge is 2.41. The lowest BCUT2D eigenvalue weighted by Crippen LogP contribution is -2.30. The van der Waals surface area contributed by atoms with Crippen LogP contribution in [0.5, 0.6) is 0 Å². The van der Waals surface area contributed by atoms with Gasteiger partial charge in [-0.15, -0.1) is 0 Å². The molecule has 0 amide bonds. The van der Waals surface area contributed by atoms with Crippen LogP contribution in [-0.2, 0) is 4.79 Å². The third-order valence-corrected chi connectivity index (χ3v) is 3.44. The fourth-order valence-corrected chi connectivity index (χ4v) is 2.56. The average Bonchev–Trinajstić information content (AvgIpc) is 2.27. The van der Waals surface area contributed by atoms with Gasteiger partial charge in [0.1, 0.15) is 0 Å². The molecule has 3 heteroatoms. The normalized spacial score (nSPS) is 31.9. The number of rotatable bonds is 3. The molecule has 0 spiro atoms. The molecule has 2 atom stereocenters. The third-order valence-electron chi connectivity index (χ3n) is 3.44. The Labute approximate surface area is 79.3 Å². The molecule has 0 aromatic carbocycles. The summed E-state index contributed by atoms with van der Waals surface area (Å²) in [5.41, 5.74) is 5.56. The summed E-state index contributed by atoms with van der Waals surface area (Å²) in [4.78, 5) is 10.7. The van der Waals surface area contributed by atoms with Crippen LogP contribution in [0.15, 0.2) is 0 Å². The number of hydrogen-bond donors (Lipinski definition) is 2. The SMILES string of the molecule is C[C@@H]1CC(CN)(CC(=O)O)C[C@H]1C. The second-order valence-corrected chi connectivity index (χ2v) is 4.64. The summed E-state index contributed by atoms with van der Waals surface area (Å²) in [6.07, 6.45) is 2.17. The van der Waals surface area contributed by atoms with E-state index in [9.17, 15) is 4.79 Å². The van der Waals surface area contributed by atoms with Gasteiger partial charge in [0, 0.05) is 0 Å². The molecule has 1 aliphatic rings. The minimum atomic E-state index is -0.716. The summed E-state index contributed by atoms with van der Waals surface area (Å²) in [6, 6.07) is 0. The molecular weight excluding hydrogens is 166 g/mol. The molecule has 76 valence electrons. The Kier molecular flexibility index (Phi) is 2.96. The maximum absolute atomic E-state index is 10.7. The fourth-order valence-electron chi connectivity index (χ4n) is 2.56. The summed E-state index contributed by atoms with van der Waals surface area (Å²) in [7, 11) is 0. The quantitative estimate of drug-likeness (QED) is 0.700. The van der Waals surface area contributed by atoms with Crippen LogP contribution < -0.4 is 5.73 Å². The van der Waals surface area contributed by atoms with Crippen molar-refractivity contribution in [2.24, 2.45) is 23.0 Å². The first-order valence-electron chi connectivity index (χ1n) is 4.91. The van der Waals surface area contributed by atoms with Crippen LogP contribution in [0.3, 0.4) is 0 Å². The zero-order valence-corrected chi connectivity index (χ0v) is 8.42. The van der Waals surface area contributed by atoms with Crippen molar-refractivity contribution in [1.29, 1.82) is 0 Å². The Morgan fingerprint density at radius 2 is 1.92 bits per heavy atom. The lowest BCUT2D eigenvalue weighted by Gasteiger charge is -2.25. The van der Waals surface area contributed by atoms with Crippen LogP contribution in [0.1, 0.15) is 33.1 Å². The first-order valence-corrected chi connectivity index (χ1v) is 4.91. The monoisotopic (exact) mass is 185 g/mol. The minimum Gasteiger partial charge on any atom is -0.481 e. The molecule has 0 saturated heterocycles. The van der Waals surface area contributed by atoms with Crippen molar-refractivity contribution < 1.29 is 9.90 Å². The van der Waals surface area contributed by atoms with E-state index in [1.807, 2.05) is 0 Å². The molecule has 0 heterocycles. The van der Waals surface area contributed by atoms with Gasteiger partial charge >= 0.3 is 5.97 Å². The van der Waals surface area contributed by atoms with Gasteiger partial charge in [-0.3, -0.25) is 4.79 Å². The summed E-state index contributed by atoms with van der Waals surface area (Å²) < 4.78 is 0. The molecule has 0 aliphatic heterocycles. The molecule has 0 radical (unpaired) electrons. The van der Waals surface area contributed by atoms with Crippen molar-refractivity contribution in [2.45, 2.75) is 33.1 Å². The number of aliphatic carboxylic acids is 1. The summed E-state index contributed by atoms with van der Waals surface area (Å²) >= 11 is 0. The van der Waals surface area contributed by atoms with Crippen LogP contribution in [0.25, 0.3) is 0 Å². The summed E-state index contributed by atoms with van der Waals surface area (Å²) in [5, 5.41) is 8.79. The number of carboxylic acid groups (broad SMARTS) is 1. The van der Waals surface area contributed by atoms with E-state index in [-0.39, 0.29) is 11.8 Å². The van der Waals surface area contributed by atoms with E-state index in [0.29, 0.717) is 18.4 Å². The second kappa shape index (κ2) is 3.66. The van der Waals surface area contributed by atoms with Crippen molar-refractivity contribution >= 4 is 5.97 Å². The van der Waals surface area contributed by atoms with Gasteiger partial charge in [0.05, 0.1) is 6.42 Å². The summed E-state index contributed by atoms with van der Waals surface area (Å²) in [5.74, 6) is 0.512. The van der Waals surface area contributed by atoms with Gasteiger partial charge < -0.3 is 10.8 Å². The van der Waals surface area contributed by atoms with E-state index in [4.69, 9.17) is 10.8 Å². The Hall–Kier alpha value is -0.570. The predicted molar refractivity (Wildman–Crippen MR) is 51.3 cm³/mol. The zero-order chi connectivity index (χ0) is 10.1. The third kappa shape index (κ3) is 2.21. The molecule has 1 saturated carbocycles. The largest absolute Gasteiger partial charge is 0.481 e. The molecule has 3 nitrogen and oxygen atoms in total. The Morgan fingerprint density at radius 1 is 1.46 bits per heavy atom. The molecule has 1 rings (SSSR count). The molecule has 1 aliphatic carbocycles. The molecule has 13 heavy (non-hydrogen) atoms. The van der Waals surface area contributed by atoms with Crippen LogP contribution in [-0.4, -0.2) is 17.6 Å². The molecule has 0 bridgehead atoms. The van der Waals surface area contributed by atoms with E-state index in [1.165, 1.54) is 0 Å². The van der Waals surface area contributed by atoms with E-state index >= 15 is 0 Å². The molecule has 0 unspecified atom stereocenters. The van der Waals surface area contributed by atoms with Crippen LogP contribution in [0.4, 0.5) is 0 Å². The maximum Gasteiger partial charge on any atom is 0.303 e. The molecule has 3 N–H and O–H groups in total. The second-order valence-electron chi connectivity index (χ2n) is 4.64. The van der Waals surface area contributed by atoms with Gasteiger partial charge in [-0.2, -0.15) is 0 Å². The minimum absolute atomic E-state index is 0.120. The first kappa shape index (κ1) is 10.5. The molecular formula is C10H19NO2. The molecule has 1 fully saturated rings. The van der Waals surface area contributed by atoms with Crippen molar-refractivity contribution in [3.8, 4) is 0 Å². The summed E-state index contributed by atoms with van der Waals surface area (Å²) in [6.45, 7) is 4.88. The zero-order valence-electron chi connectivity index (χ0n) is 8.42. The predicted octanol–water partition coefficient (Wildman–Crippen LogP) is 1.47. The highest BCUT2D eigenvalue weighted by molar-refractivity contribution is 5.67.